The zero-order valence-electron chi connectivity index (χ0n) is 16.8. The van der Waals surface area contributed by atoms with Crippen LogP contribution in [0.25, 0.3) is 0 Å². The molecule has 3 heteroatoms. The Morgan fingerprint density at radius 3 is 2.72 bits per heavy atom. The second-order valence-corrected chi connectivity index (χ2v) is 8.77. The van der Waals surface area contributed by atoms with E-state index in [0.717, 1.165) is 30.6 Å². The lowest BCUT2D eigenvalue weighted by molar-refractivity contribution is -0.130. The average Bonchev–Trinajstić information content (AvgIpc) is 2.55. The highest BCUT2D eigenvalue weighted by Crippen LogP contribution is 2.44. The summed E-state index contributed by atoms with van der Waals surface area (Å²) >= 11 is 0. The third-order valence-corrected chi connectivity index (χ3v) is 5.82. The van der Waals surface area contributed by atoms with Gasteiger partial charge in [-0.3, -0.25) is 4.79 Å². The van der Waals surface area contributed by atoms with E-state index in [0.29, 0.717) is 18.4 Å². The van der Waals surface area contributed by atoms with Crippen molar-refractivity contribution in [2.75, 3.05) is 13.7 Å². The molecule has 0 radical (unpaired) electrons. The number of methoxy groups -OCH3 is 1. The molecule has 0 heterocycles. The molecule has 0 spiro atoms. The van der Waals surface area contributed by atoms with Gasteiger partial charge in [0.05, 0.1) is 7.11 Å². The maximum atomic E-state index is 12.8. The van der Waals surface area contributed by atoms with E-state index in [1.807, 2.05) is 6.92 Å². The van der Waals surface area contributed by atoms with Gasteiger partial charge in [0.1, 0.15) is 5.75 Å². The minimum Gasteiger partial charge on any atom is -0.496 e. The summed E-state index contributed by atoms with van der Waals surface area (Å²) in [7, 11) is 1.70. The van der Waals surface area contributed by atoms with Crippen LogP contribution in [0.15, 0.2) is 18.2 Å². The van der Waals surface area contributed by atoms with Crippen molar-refractivity contribution in [3.05, 3.63) is 29.3 Å². The number of nitrogens with one attached hydrogen (secondary N) is 1. The third kappa shape index (κ3) is 5.23. The van der Waals surface area contributed by atoms with Gasteiger partial charge in [-0.25, -0.2) is 0 Å². The molecule has 1 amide bonds. The fourth-order valence-electron chi connectivity index (χ4n) is 4.17. The Morgan fingerprint density at radius 1 is 1.36 bits per heavy atom. The summed E-state index contributed by atoms with van der Waals surface area (Å²) in [5.41, 5.74) is 2.61. The molecule has 0 aliphatic heterocycles. The quantitative estimate of drug-likeness (QED) is 0.807. The predicted octanol–water partition coefficient (Wildman–Crippen LogP) is 4.76. The lowest BCUT2D eigenvalue weighted by Gasteiger charge is -2.41. The van der Waals surface area contributed by atoms with Crippen molar-refractivity contribution in [3.63, 3.8) is 0 Å². The molecule has 1 N–H and O–H groups in total. The number of carbonyl (C=O) groups is 1. The minimum absolute atomic E-state index is 0.149. The van der Waals surface area contributed by atoms with E-state index in [9.17, 15) is 4.79 Å². The highest BCUT2D eigenvalue weighted by Gasteiger charge is 2.39. The molecule has 3 nitrogen and oxygen atoms in total. The molecule has 2 rings (SSSR count). The summed E-state index contributed by atoms with van der Waals surface area (Å²) in [6, 6.07) is 6.27. The topological polar surface area (TPSA) is 38.3 Å². The van der Waals surface area contributed by atoms with Crippen LogP contribution in [-0.4, -0.2) is 19.6 Å². The van der Waals surface area contributed by atoms with E-state index in [2.05, 4.69) is 51.2 Å². The smallest absolute Gasteiger partial charge is 0.223 e. The Hall–Kier alpha value is -1.51. The first-order chi connectivity index (χ1) is 11.7. The van der Waals surface area contributed by atoms with Crippen molar-refractivity contribution in [2.45, 2.75) is 60.3 Å². The third-order valence-electron chi connectivity index (χ3n) is 5.82. The van der Waals surface area contributed by atoms with Gasteiger partial charge in [0, 0.05) is 12.5 Å². The van der Waals surface area contributed by atoms with Crippen molar-refractivity contribution in [3.8, 4) is 5.75 Å². The molecule has 1 saturated carbocycles. The Kier molecular flexibility index (Phi) is 6.53. The molecule has 0 aromatic heterocycles. The fourth-order valence-corrected chi connectivity index (χ4v) is 4.17. The van der Waals surface area contributed by atoms with E-state index in [-0.39, 0.29) is 17.2 Å². The van der Waals surface area contributed by atoms with Crippen molar-refractivity contribution in [2.24, 2.45) is 23.2 Å². The first-order valence-corrected chi connectivity index (χ1v) is 9.65. The molecule has 2 atom stereocenters. The zero-order valence-corrected chi connectivity index (χ0v) is 16.8. The fraction of sp³-hybridized carbons (Fsp3) is 0.682. The molecule has 0 saturated heterocycles. The van der Waals surface area contributed by atoms with Gasteiger partial charge in [0.2, 0.25) is 5.91 Å². The Bertz CT molecular complexity index is 592. The van der Waals surface area contributed by atoms with Crippen molar-refractivity contribution in [1.82, 2.24) is 5.32 Å². The molecule has 1 aliphatic carbocycles. The second-order valence-electron chi connectivity index (χ2n) is 8.77. The second kappa shape index (κ2) is 8.25. The van der Waals surface area contributed by atoms with Gasteiger partial charge in [-0.15, -0.1) is 0 Å². The van der Waals surface area contributed by atoms with Crippen molar-refractivity contribution >= 4 is 5.91 Å². The van der Waals surface area contributed by atoms with E-state index in [4.69, 9.17) is 4.74 Å². The zero-order chi connectivity index (χ0) is 18.6. The van der Waals surface area contributed by atoms with Crippen LogP contribution in [-0.2, 0) is 11.2 Å². The van der Waals surface area contributed by atoms with Gasteiger partial charge < -0.3 is 10.1 Å². The number of amides is 1. The van der Waals surface area contributed by atoms with Gasteiger partial charge in [-0.1, -0.05) is 39.8 Å². The molecule has 2 unspecified atom stereocenters. The van der Waals surface area contributed by atoms with Gasteiger partial charge in [-0.2, -0.15) is 0 Å². The first-order valence-electron chi connectivity index (χ1n) is 9.65. The molecule has 1 aromatic rings. The molecule has 1 aliphatic rings. The van der Waals surface area contributed by atoms with Crippen LogP contribution in [0.1, 0.15) is 58.1 Å². The van der Waals surface area contributed by atoms with Gasteiger partial charge in [0.15, 0.2) is 0 Å². The highest BCUT2D eigenvalue weighted by atomic mass is 16.5. The summed E-state index contributed by atoms with van der Waals surface area (Å²) < 4.78 is 5.38. The number of ether oxygens (including phenoxy) is 1. The SMILES string of the molecule is COc1cc(CCNC(=O)C2CC(C)(C)CCC2C(C)C)ccc1C. The van der Waals surface area contributed by atoms with Gasteiger partial charge in [-0.05, 0) is 67.1 Å². The molecule has 0 bridgehead atoms. The van der Waals surface area contributed by atoms with Crippen LogP contribution in [0.3, 0.4) is 0 Å². The summed E-state index contributed by atoms with van der Waals surface area (Å²) in [4.78, 5) is 12.8. The number of hydrogen-bond acceptors (Lipinski definition) is 2. The lowest BCUT2D eigenvalue weighted by Crippen LogP contribution is -2.43. The van der Waals surface area contributed by atoms with Crippen molar-refractivity contribution in [1.29, 1.82) is 0 Å². The van der Waals surface area contributed by atoms with E-state index < -0.39 is 0 Å². The number of rotatable bonds is 6. The molecule has 140 valence electrons. The summed E-state index contributed by atoms with van der Waals surface area (Å²) in [5, 5.41) is 3.20. The lowest BCUT2D eigenvalue weighted by atomic mass is 9.64. The summed E-state index contributed by atoms with van der Waals surface area (Å²) in [5.74, 6) is 2.38. The van der Waals surface area contributed by atoms with Crippen LogP contribution < -0.4 is 10.1 Å². The molecular formula is C22H35NO2. The van der Waals surface area contributed by atoms with Crippen LogP contribution in [0.2, 0.25) is 0 Å². The van der Waals surface area contributed by atoms with Gasteiger partial charge in [0.25, 0.3) is 0 Å². The van der Waals surface area contributed by atoms with Crippen molar-refractivity contribution < 1.29 is 9.53 Å². The number of carbonyl (C=O) groups excluding carboxylic acids is 1. The standard InChI is InChI=1S/C22H35NO2/c1-15(2)18-9-11-22(4,5)14-19(18)21(24)23-12-10-17-8-7-16(3)20(13-17)25-6/h7-8,13,15,18-19H,9-12,14H2,1-6H3,(H,23,24). The minimum atomic E-state index is 0.149. The first kappa shape index (κ1) is 19.8. The maximum Gasteiger partial charge on any atom is 0.223 e. The van der Waals surface area contributed by atoms with E-state index >= 15 is 0 Å². The van der Waals surface area contributed by atoms with Crippen LogP contribution in [0.4, 0.5) is 0 Å². The highest BCUT2D eigenvalue weighted by molar-refractivity contribution is 5.79. The monoisotopic (exact) mass is 345 g/mol. The molecular weight excluding hydrogens is 310 g/mol. The summed E-state index contributed by atoms with van der Waals surface area (Å²) in [6.07, 6.45) is 4.23. The normalized spacial score (nSPS) is 22.7. The van der Waals surface area contributed by atoms with Crippen LogP contribution in [0.5, 0.6) is 5.75 Å². The largest absolute Gasteiger partial charge is 0.496 e. The number of hydrogen-bond donors (Lipinski definition) is 1. The Balaban J connectivity index is 1.94. The molecule has 25 heavy (non-hydrogen) atoms. The van der Waals surface area contributed by atoms with E-state index in [1.165, 1.54) is 12.0 Å². The van der Waals surface area contributed by atoms with Crippen LogP contribution >= 0.6 is 0 Å². The predicted molar refractivity (Wildman–Crippen MR) is 104 cm³/mol. The number of aryl methyl sites for hydroxylation is 1. The average molecular weight is 346 g/mol. The van der Waals surface area contributed by atoms with Crippen LogP contribution in [0, 0.1) is 30.1 Å². The molecule has 1 fully saturated rings. The Labute approximate surface area is 153 Å². The molecule has 1 aromatic carbocycles. The summed E-state index contributed by atoms with van der Waals surface area (Å²) in [6.45, 7) is 11.8. The maximum absolute atomic E-state index is 12.8. The van der Waals surface area contributed by atoms with Gasteiger partial charge >= 0.3 is 0 Å². The Morgan fingerprint density at radius 2 is 2.08 bits per heavy atom. The van der Waals surface area contributed by atoms with E-state index in [1.54, 1.807) is 7.11 Å². The number of benzene rings is 1.